The predicted molar refractivity (Wildman–Crippen MR) is 98.5 cm³/mol. The summed E-state index contributed by atoms with van der Waals surface area (Å²) in [5.74, 6) is 1.22. The highest BCUT2D eigenvalue weighted by molar-refractivity contribution is 5.30. The van der Waals surface area contributed by atoms with E-state index in [-0.39, 0.29) is 5.82 Å². The van der Waals surface area contributed by atoms with E-state index in [0.29, 0.717) is 18.5 Å². The molecule has 0 saturated carbocycles. The lowest BCUT2D eigenvalue weighted by atomic mass is 9.94. The van der Waals surface area contributed by atoms with Crippen molar-refractivity contribution in [2.24, 2.45) is 5.92 Å². The summed E-state index contributed by atoms with van der Waals surface area (Å²) in [7, 11) is 1.62. The minimum absolute atomic E-state index is 0.144. The zero-order chi connectivity index (χ0) is 18.1. The van der Waals surface area contributed by atoms with Gasteiger partial charge in [0.1, 0.15) is 11.6 Å². The highest BCUT2D eigenvalue weighted by Gasteiger charge is 2.35. The number of benzene rings is 1. The van der Waals surface area contributed by atoms with E-state index >= 15 is 0 Å². The number of rotatable bonds is 5. The molecule has 5 nitrogen and oxygen atoms in total. The molecule has 6 heteroatoms. The van der Waals surface area contributed by atoms with E-state index < -0.39 is 0 Å². The Morgan fingerprint density at radius 2 is 2.12 bits per heavy atom. The van der Waals surface area contributed by atoms with Crippen molar-refractivity contribution in [3.8, 4) is 5.75 Å². The van der Waals surface area contributed by atoms with Crippen molar-refractivity contribution >= 4 is 0 Å². The van der Waals surface area contributed by atoms with Gasteiger partial charge in [0.2, 0.25) is 0 Å². The van der Waals surface area contributed by atoms with Crippen LogP contribution in [0.4, 0.5) is 4.39 Å². The Kier molecular flexibility index (Phi) is 4.96. The van der Waals surface area contributed by atoms with Crippen LogP contribution < -0.4 is 4.74 Å². The minimum atomic E-state index is -0.144. The Bertz CT molecular complexity index is 762. The van der Waals surface area contributed by atoms with E-state index in [1.807, 2.05) is 6.07 Å². The van der Waals surface area contributed by atoms with Crippen LogP contribution in [0.25, 0.3) is 0 Å². The molecule has 26 heavy (non-hydrogen) atoms. The number of hydrogen-bond donors (Lipinski definition) is 1. The molecule has 4 heterocycles. The molecule has 140 valence electrons. The molecule has 2 bridgehead atoms. The number of hydrogen-bond acceptors (Lipinski definition) is 4. The van der Waals surface area contributed by atoms with Gasteiger partial charge in [0.25, 0.3) is 0 Å². The SMILES string of the molecule is COc1ccc(F)c(CN2C[C@H]3CC[C@@H]2CN(Cc2nc[nH]c2C)C3)c1. The van der Waals surface area contributed by atoms with Crippen molar-refractivity contribution in [1.82, 2.24) is 19.8 Å². The third kappa shape index (κ3) is 3.62. The van der Waals surface area contributed by atoms with Crippen LogP contribution in [0.15, 0.2) is 24.5 Å². The summed E-state index contributed by atoms with van der Waals surface area (Å²) in [5, 5.41) is 0. The number of aromatic amines is 1. The zero-order valence-electron chi connectivity index (χ0n) is 15.5. The molecule has 0 amide bonds. The number of ether oxygens (including phenoxy) is 1. The molecule has 3 aliphatic heterocycles. The minimum Gasteiger partial charge on any atom is -0.497 e. The molecule has 3 fully saturated rings. The zero-order valence-corrected chi connectivity index (χ0v) is 15.5. The molecule has 2 aromatic rings. The predicted octanol–water partition coefficient (Wildman–Crippen LogP) is 2.96. The van der Waals surface area contributed by atoms with Crippen molar-refractivity contribution in [1.29, 1.82) is 0 Å². The number of nitrogens with zero attached hydrogens (tertiary/aromatic N) is 3. The Labute approximate surface area is 154 Å². The van der Waals surface area contributed by atoms with E-state index in [2.05, 4.69) is 26.7 Å². The Morgan fingerprint density at radius 3 is 2.88 bits per heavy atom. The van der Waals surface area contributed by atoms with E-state index in [1.165, 1.54) is 18.9 Å². The number of aryl methyl sites for hydroxylation is 1. The summed E-state index contributed by atoms with van der Waals surface area (Å²) < 4.78 is 19.5. The number of nitrogens with one attached hydrogen (secondary N) is 1. The lowest BCUT2D eigenvalue weighted by molar-refractivity contribution is 0.121. The number of piperidine rings is 1. The fraction of sp³-hybridized carbons (Fsp3) is 0.550. The maximum Gasteiger partial charge on any atom is 0.127 e. The second kappa shape index (κ2) is 7.37. The molecular weight excluding hydrogens is 331 g/mol. The van der Waals surface area contributed by atoms with E-state index in [0.717, 1.165) is 48.9 Å². The van der Waals surface area contributed by atoms with Gasteiger partial charge in [-0.3, -0.25) is 9.80 Å². The monoisotopic (exact) mass is 358 g/mol. The van der Waals surface area contributed by atoms with Gasteiger partial charge < -0.3 is 9.72 Å². The number of halogens is 1. The van der Waals surface area contributed by atoms with Gasteiger partial charge in [-0.25, -0.2) is 9.37 Å². The summed E-state index contributed by atoms with van der Waals surface area (Å²) in [6.07, 6.45) is 4.22. The number of aromatic nitrogens is 2. The second-order valence-corrected chi connectivity index (χ2v) is 7.65. The molecule has 1 N–H and O–H groups in total. The molecule has 2 atom stereocenters. The molecule has 5 rings (SSSR count). The highest BCUT2D eigenvalue weighted by atomic mass is 19.1. The molecule has 3 saturated heterocycles. The van der Waals surface area contributed by atoms with Gasteiger partial charge in [-0.15, -0.1) is 0 Å². The fourth-order valence-corrected chi connectivity index (χ4v) is 4.38. The van der Waals surface area contributed by atoms with E-state index in [1.54, 1.807) is 19.5 Å². The Morgan fingerprint density at radius 1 is 1.23 bits per heavy atom. The van der Waals surface area contributed by atoms with Gasteiger partial charge in [-0.2, -0.15) is 0 Å². The molecule has 1 aromatic heterocycles. The van der Waals surface area contributed by atoms with E-state index in [4.69, 9.17) is 4.74 Å². The number of H-pyrrole nitrogens is 1. The highest BCUT2D eigenvalue weighted by Crippen LogP contribution is 2.31. The van der Waals surface area contributed by atoms with Gasteiger partial charge >= 0.3 is 0 Å². The molecule has 0 spiro atoms. The van der Waals surface area contributed by atoms with Crippen molar-refractivity contribution in [3.63, 3.8) is 0 Å². The summed E-state index contributed by atoms with van der Waals surface area (Å²) >= 11 is 0. The molecule has 0 aliphatic carbocycles. The summed E-state index contributed by atoms with van der Waals surface area (Å²) in [4.78, 5) is 12.6. The van der Waals surface area contributed by atoms with Crippen LogP contribution in [0, 0.1) is 18.7 Å². The molecule has 0 unspecified atom stereocenters. The number of methoxy groups -OCH3 is 1. The van der Waals surface area contributed by atoms with Crippen LogP contribution in [-0.4, -0.2) is 52.6 Å². The fourth-order valence-electron chi connectivity index (χ4n) is 4.38. The first kappa shape index (κ1) is 17.5. The first-order valence-electron chi connectivity index (χ1n) is 9.40. The molecule has 1 aromatic carbocycles. The van der Waals surface area contributed by atoms with Crippen molar-refractivity contribution in [3.05, 3.63) is 47.3 Å². The van der Waals surface area contributed by atoms with Crippen molar-refractivity contribution in [2.75, 3.05) is 26.7 Å². The smallest absolute Gasteiger partial charge is 0.127 e. The molecule has 3 aliphatic rings. The molecule has 0 radical (unpaired) electrons. The standard InChI is InChI=1S/C20H27FN4O/c1-14-20(23-13-22-14)12-24-8-15-3-4-17(11-24)25(9-15)10-16-7-18(26-2)5-6-19(16)21/h5-7,13,15,17H,3-4,8-12H2,1-2H3,(H,22,23)/t15-,17+/m0/s1. The quantitative estimate of drug-likeness (QED) is 0.893. The maximum absolute atomic E-state index is 14.3. The van der Waals surface area contributed by atoms with Crippen LogP contribution in [-0.2, 0) is 13.1 Å². The summed E-state index contributed by atoms with van der Waals surface area (Å²) in [6, 6.07) is 5.50. The number of imidazole rings is 1. The van der Waals surface area contributed by atoms with Crippen LogP contribution in [0.3, 0.4) is 0 Å². The van der Waals surface area contributed by atoms with Crippen LogP contribution in [0.5, 0.6) is 5.75 Å². The normalized spacial score (nSPS) is 24.0. The topological polar surface area (TPSA) is 44.4 Å². The molecular formula is C20H27FN4O. The average Bonchev–Trinajstić information content (AvgIpc) is 2.85. The lowest BCUT2D eigenvalue weighted by Gasteiger charge is -2.36. The van der Waals surface area contributed by atoms with Gasteiger partial charge in [0, 0.05) is 50.0 Å². The Balaban J connectivity index is 1.47. The van der Waals surface area contributed by atoms with Gasteiger partial charge in [0.15, 0.2) is 0 Å². The van der Waals surface area contributed by atoms with Gasteiger partial charge in [0.05, 0.1) is 19.1 Å². The first-order valence-corrected chi connectivity index (χ1v) is 9.40. The van der Waals surface area contributed by atoms with Crippen molar-refractivity contribution in [2.45, 2.75) is 38.9 Å². The van der Waals surface area contributed by atoms with Crippen LogP contribution >= 0.6 is 0 Å². The third-order valence-electron chi connectivity index (χ3n) is 5.84. The number of fused-ring (bicyclic) bond motifs is 4. The van der Waals surface area contributed by atoms with E-state index in [9.17, 15) is 4.39 Å². The first-order chi connectivity index (χ1) is 12.6. The lowest BCUT2D eigenvalue weighted by Crippen LogP contribution is -2.43. The van der Waals surface area contributed by atoms with Crippen LogP contribution in [0.1, 0.15) is 29.8 Å². The average molecular weight is 358 g/mol. The summed E-state index contributed by atoms with van der Waals surface area (Å²) in [6.45, 7) is 6.78. The second-order valence-electron chi connectivity index (χ2n) is 7.65. The third-order valence-corrected chi connectivity index (χ3v) is 5.84. The van der Waals surface area contributed by atoms with Gasteiger partial charge in [-0.1, -0.05) is 0 Å². The largest absolute Gasteiger partial charge is 0.497 e. The Hall–Kier alpha value is -1.92. The maximum atomic E-state index is 14.3. The van der Waals surface area contributed by atoms with Gasteiger partial charge in [-0.05, 0) is 43.9 Å². The van der Waals surface area contributed by atoms with Crippen LogP contribution in [0.2, 0.25) is 0 Å². The van der Waals surface area contributed by atoms with Crippen molar-refractivity contribution < 1.29 is 9.13 Å². The summed E-state index contributed by atoms with van der Waals surface area (Å²) in [5.41, 5.74) is 3.01.